The van der Waals surface area contributed by atoms with Crippen molar-refractivity contribution in [2.45, 2.75) is 38.1 Å². The predicted octanol–water partition coefficient (Wildman–Crippen LogP) is 2.30. The molecule has 0 radical (unpaired) electrons. The van der Waals surface area contributed by atoms with Crippen molar-refractivity contribution in [1.82, 2.24) is 10.6 Å². The summed E-state index contributed by atoms with van der Waals surface area (Å²) in [5.74, 6) is 0.192. The largest absolute Gasteiger partial charge is 0.354 e. The zero-order valence-corrected chi connectivity index (χ0v) is 12.5. The van der Waals surface area contributed by atoms with Crippen LogP contribution in [0.15, 0.2) is 30.3 Å². The Bertz CT molecular complexity index is 439. The minimum absolute atomic E-state index is 0. The summed E-state index contributed by atoms with van der Waals surface area (Å²) in [5, 5.41) is 6.40. The maximum atomic E-state index is 12.0. The molecule has 1 saturated heterocycles. The molecule has 20 heavy (non-hydrogen) atoms. The summed E-state index contributed by atoms with van der Waals surface area (Å²) in [5.41, 5.74) is 1.71. The number of rotatable bonds is 5. The molecule has 2 fully saturated rings. The third-order valence-corrected chi connectivity index (χ3v) is 4.39. The van der Waals surface area contributed by atoms with Crippen LogP contribution in [0.25, 0.3) is 0 Å². The average molecular weight is 295 g/mol. The lowest BCUT2D eigenvalue weighted by molar-refractivity contribution is -0.123. The van der Waals surface area contributed by atoms with Gasteiger partial charge in [-0.25, -0.2) is 0 Å². The molecule has 1 aliphatic carbocycles. The number of carbonyl (C=O) groups is 1. The Morgan fingerprint density at radius 3 is 2.65 bits per heavy atom. The lowest BCUT2D eigenvalue weighted by Gasteiger charge is -2.18. The Kier molecular flexibility index (Phi) is 5.06. The highest BCUT2D eigenvalue weighted by molar-refractivity contribution is 5.85. The third-order valence-electron chi connectivity index (χ3n) is 4.39. The Morgan fingerprint density at radius 2 is 2.05 bits per heavy atom. The van der Waals surface area contributed by atoms with Gasteiger partial charge >= 0.3 is 0 Å². The van der Waals surface area contributed by atoms with Crippen LogP contribution in [0.2, 0.25) is 0 Å². The third kappa shape index (κ3) is 3.74. The number of amides is 1. The van der Waals surface area contributed by atoms with Crippen LogP contribution < -0.4 is 10.6 Å². The first-order valence-corrected chi connectivity index (χ1v) is 7.33. The van der Waals surface area contributed by atoms with Crippen molar-refractivity contribution in [3.05, 3.63) is 35.9 Å². The van der Waals surface area contributed by atoms with Gasteiger partial charge in [0.25, 0.3) is 0 Å². The van der Waals surface area contributed by atoms with Crippen LogP contribution in [0.4, 0.5) is 0 Å². The highest BCUT2D eigenvalue weighted by Gasteiger charge is 2.42. The second-order valence-corrected chi connectivity index (χ2v) is 6.03. The minimum Gasteiger partial charge on any atom is -0.354 e. The molecular formula is C16H23ClN2O. The first-order valence-electron chi connectivity index (χ1n) is 7.33. The molecule has 0 aromatic heterocycles. The molecule has 3 rings (SSSR count). The van der Waals surface area contributed by atoms with Crippen LogP contribution in [-0.4, -0.2) is 25.0 Å². The van der Waals surface area contributed by atoms with Gasteiger partial charge in [0.1, 0.15) is 0 Å². The maximum absolute atomic E-state index is 12.0. The van der Waals surface area contributed by atoms with E-state index in [1.54, 1.807) is 0 Å². The number of hydrogen-bond acceptors (Lipinski definition) is 2. The zero-order chi connectivity index (χ0) is 13.1. The number of halogens is 1. The molecule has 1 aromatic carbocycles. The molecule has 2 aliphatic rings. The van der Waals surface area contributed by atoms with E-state index in [4.69, 9.17) is 0 Å². The molecule has 0 bridgehead atoms. The Morgan fingerprint density at radius 1 is 1.30 bits per heavy atom. The van der Waals surface area contributed by atoms with Crippen LogP contribution in [0, 0.1) is 5.41 Å². The van der Waals surface area contributed by atoms with Gasteiger partial charge in [-0.15, -0.1) is 12.4 Å². The summed E-state index contributed by atoms with van der Waals surface area (Å²) in [6, 6.07) is 10.6. The van der Waals surface area contributed by atoms with Gasteiger partial charge in [0, 0.05) is 6.54 Å². The highest BCUT2D eigenvalue weighted by Crippen LogP contribution is 2.47. The Balaban J connectivity index is 0.00000147. The summed E-state index contributed by atoms with van der Waals surface area (Å²) in [7, 11) is 0. The van der Waals surface area contributed by atoms with Crippen molar-refractivity contribution in [3.63, 3.8) is 0 Å². The van der Waals surface area contributed by atoms with Crippen molar-refractivity contribution < 1.29 is 4.79 Å². The van der Waals surface area contributed by atoms with E-state index in [0.717, 1.165) is 32.4 Å². The van der Waals surface area contributed by atoms with Crippen LogP contribution >= 0.6 is 12.4 Å². The molecular weight excluding hydrogens is 272 g/mol. The standard InChI is InChI=1S/C16H22N2O.ClH/c19-15(14-7-4-10-17-14)18-12-16(8-9-16)11-13-5-2-1-3-6-13;/h1-3,5-6,14,17H,4,7-12H2,(H,18,19);1H. The molecule has 1 aliphatic heterocycles. The van der Waals surface area contributed by atoms with Crippen molar-refractivity contribution in [1.29, 1.82) is 0 Å². The van der Waals surface area contributed by atoms with Gasteiger partial charge in [0.2, 0.25) is 5.91 Å². The van der Waals surface area contributed by atoms with E-state index < -0.39 is 0 Å². The molecule has 1 heterocycles. The van der Waals surface area contributed by atoms with E-state index in [-0.39, 0.29) is 24.4 Å². The number of carbonyl (C=O) groups excluding carboxylic acids is 1. The molecule has 1 unspecified atom stereocenters. The van der Waals surface area contributed by atoms with Gasteiger partial charge in [-0.1, -0.05) is 30.3 Å². The Labute approximate surface area is 126 Å². The van der Waals surface area contributed by atoms with Crippen LogP contribution in [-0.2, 0) is 11.2 Å². The van der Waals surface area contributed by atoms with Crippen molar-refractivity contribution in [2.24, 2.45) is 5.41 Å². The minimum atomic E-state index is 0. The van der Waals surface area contributed by atoms with E-state index in [0.29, 0.717) is 5.41 Å². The molecule has 110 valence electrons. The summed E-state index contributed by atoms with van der Waals surface area (Å²) in [6.45, 7) is 1.81. The summed E-state index contributed by atoms with van der Waals surface area (Å²) in [4.78, 5) is 12.0. The van der Waals surface area contributed by atoms with E-state index in [9.17, 15) is 4.79 Å². The van der Waals surface area contributed by atoms with Crippen LogP contribution in [0.3, 0.4) is 0 Å². The first-order chi connectivity index (χ1) is 9.27. The van der Waals surface area contributed by atoms with Gasteiger partial charge < -0.3 is 10.6 Å². The quantitative estimate of drug-likeness (QED) is 0.875. The number of nitrogens with one attached hydrogen (secondary N) is 2. The van der Waals surface area contributed by atoms with Crippen molar-refractivity contribution in [2.75, 3.05) is 13.1 Å². The molecule has 1 atom stereocenters. The van der Waals surface area contributed by atoms with Gasteiger partial charge in [0.15, 0.2) is 0 Å². The summed E-state index contributed by atoms with van der Waals surface area (Å²) < 4.78 is 0. The fraction of sp³-hybridized carbons (Fsp3) is 0.562. The second kappa shape index (κ2) is 6.59. The van der Waals surface area contributed by atoms with Crippen molar-refractivity contribution in [3.8, 4) is 0 Å². The number of benzene rings is 1. The molecule has 2 N–H and O–H groups in total. The molecule has 1 amide bonds. The zero-order valence-electron chi connectivity index (χ0n) is 11.7. The molecule has 1 aromatic rings. The fourth-order valence-corrected chi connectivity index (χ4v) is 2.93. The van der Waals surface area contributed by atoms with Gasteiger partial charge in [-0.3, -0.25) is 4.79 Å². The molecule has 4 heteroatoms. The van der Waals surface area contributed by atoms with E-state index in [2.05, 4.69) is 41.0 Å². The normalized spacial score (nSPS) is 22.9. The molecule has 3 nitrogen and oxygen atoms in total. The Hall–Kier alpha value is -1.06. The van der Waals surface area contributed by atoms with E-state index in [1.807, 2.05) is 0 Å². The monoisotopic (exact) mass is 294 g/mol. The predicted molar refractivity (Wildman–Crippen MR) is 83.1 cm³/mol. The summed E-state index contributed by atoms with van der Waals surface area (Å²) >= 11 is 0. The van der Waals surface area contributed by atoms with E-state index in [1.165, 1.54) is 18.4 Å². The SMILES string of the molecule is Cl.O=C(NCC1(Cc2ccccc2)CC1)C1CCCN1. The molecule has 1 saturated carbocycles. The first kappa shape index (κ1) is 15.3. The highest BCUT2D eigenvalue weighted by atomic mass is 35.5. The summed E-state index contributed by atoms with van der Waals surface area (Å²) in [6.07, 6.45) is 5.66. The smallest absolute Gasteiger partial charge is 0.237 e. The lowest BCUT2D eigenvalue weighted by atomic mass is 9.96. The maximum Gasteiger partial charge on any atom is 0.237 e. The fourth-order valence-electron chi connectivity index (χ4n) is 2.93. The van der Waals surface area contributed by atoms with E-state index >= 15 is 0 Å². The average Bonchev–Trinajstić information content (AvgIpc) is 2.99. The van der Waals surface area contributed by atoms with Crippen molar-refractivity contribution >= 4 is 18.3 Å². The molecule has 0 spiro atoms. The number of hydrogen-bond donors (Lipinski definition) is 2. The van der Waals surface area contributed by atoms with Crippen LogP contribution in [0.5, 0.6) is 0 Å². The van der Waals surface area contributed by atoms with Gasteiger partial charge in [-0.2, -0.15) is 0 Å². The lowest BCUT2D eigenvalue weighted by Crippen LogP contribution is -2.42. The van der Waals surface area contributed by atoms with Crippen LogP contribution in [0.1, 0.15) is 31.2 Å². The van der Waals surface area contributed by atoms with Gasteiger partial charge in [0.05, 0.1) is 6.04 Å². The second-order valence-electron chi connectivity index (χ2n) is 6.03. The van der Waals surface area contributed by atoms with Gasteiger partial charge in [-0.05, 0) is 49.6 Å². The topological polar surface area (TPSA) is 41.1 Å².